The van der Waals surface area contributed by atoms with Crippen LogP contribution in [0.15, 0.2) is 35.4 Å². The van der Waals surface area contributed by atoms with Gasteiger partial charge in [-0.15, -0.1) is 11.3 Å². The van der Waals surface area contributed by atoms with Crippen molar-refractivity contribution in [1.82, 2.24) is 15.6 Å². The second kappa shape index (κ2) is 6.96. The maximum absolute atomic E-state index is 12.2. The number of aromatic nitrogens is 2. The van der Waals surface area contributed by atoms with Crippen LogP contribution in [0.2, 0.25) is 0 Å². The number of hydrogen-bond acceptors (Lipinski definition) is 5. The summed E-state index contributed by atoms with van der Waals surface area (Å²) >= 11 is 1.46. The molecule has 0 saturated heterocycles. The molecule has 2 aromatic heterocycles. The molecule has 8 heteroatoms. The Labute approximate surface area is 143 Å². The molecule has 1 aliphatic rings. The molecular weight excluding hydrogens is 328 g/mol. The Morgan fingerprint density at radius 1 is 1.42 bits per heavy atom. The van der Waals surface area contributed by atoms with E-state index in [1.165, 1.54) is 29.8 Å². The summed E-state index contributed by atoms with van der Waals surface area (Å²) in [6.07, 6.45) is 5.46. The highest BCUT2D eigenvalue weighted by atomic mass is 32.1. The van der Waals surface area contributed by atoms with E-state index < -0.39 is 5.54 Å². The summed E-state index contributed by atoms with van der Waals surface area (Å²) in [7, 11) is 0. The van der Waals surface area contributed by atoms with Crippen LogP contribution in [0.4, 0.5) is 0 Å². The van der Waals surface area contributed by atoms with Gasteiger partial charge in [0, 0.05) is 18.0 Å². The van der Waals surface area contributed by atoms with Gasteiger partial charge in [-0.25, -0.2) is 4.98 Å². The van der Waals surface area contributed by atoms with Crippen molar-refractivity contribution in [3.63, 3.8) is 0 Å². The van der Waals surface area contributed by atoms with Crippen LogP contribution in [0.1, 0.15) is 35.3 Å². The standard InChI is InChI=1S/C16H18N4O3S/c21-14(7-13-9-24-11-18-13)19-16(4-2-5-16)10-17-15(22)12-3-1-6-20(23)8-12/h1,3,6,8-9,11H,2,4-5,7,10H2,(H,17,22)(H,19,21). The number of carbonyl (C=O) groups is 2. The first-order chi connectivity index (χ1) is 11.6. The Balaban J connectivity index is 1.55. The van der Waals surface area contributed by atoms with Gasteiger partial charge in [-0.3, -0.25) is 9.59 Å². The van der Waals surface area contributed by atoms with Crippen molar-refractivity contribution < 1.29 is 14.3 Å². The molecule has 0 unspecified atom stereocenters. The van der Waals surface area contributed by atoms with Gasteiger partial charge < -0.3 is 15.8 Å². The van der Waals surface area contributed by atoms with E-state index in [-0.39, 0.29) is 18.2 Å². The van der Waals surface area contributed by atoms with Crippen LogP contribution in [-0.2, 0) is 11.2 Å². The normalized spacial score (nSPS) is 15.3. The summed E-state index contributed by atoms with van der Waals surface area (Å²) in [6.45, 7) is 0.350. The fraction of sp³-hybridized carbons (Fsp3) is 0.375. The average molecular weight is 346 g/mol. The van der Waals surface area contributed by atoms with Gasteiger partial charge in [-0.05, 0) is 25.3 Å². The van der Waals surface area contributed by atoms with Gasteiger partial charge in [0.2, 0.25) is 5.91 Å². The van der Waals surface area contributed by atoms with E-state index >= 15 is 0 Å². The van der Waals surface area contributed by atoms with E-state index in [2.05, 4.69) is 15.6 Å². The van der Waals surface area contributed by atoms with Crippen LogP contribution in [0.25, 0.3) is 0 Å². The smallest absolute Gasteiger partial charge is 0.257 e. The quantitative estimate of drug-likeness (QED) is 0.597. The zero-order valence-corrected chi connectivity index (χ0v) is 13.8. The summed E-state index contributed by atoms with van der Waals surface area (Å²) in [5.41, 5.74) is 2.35. The van der Waals surface area contributed by atoms with E-state index in [0.29, 0.717) is 16.8 Å². The fourth-order valence-electron chi connectivity index (χ4n) is 2.72. The van der Waals surface area contributed by atoms with E-state index in [1.807, 2.05) is 5.38 Å². The first-order valence-electron chi connectivity index (χ1n) is 7.71. The summed E-state index contributed by atoms with van der Waals surface area (Å²) < 4.78 is 0.587. The van der Waals surface area contributed by atoms with Crippen molar-refractivity contribution in [2.45, 2.75) is 31.2 Å². The van der Waals surface area contributed by atoms with Gasteiger partial charge in [-0.1, -0.05) is 0 Å². The summed E-state index contributed by atoms with van der Waals surface area (Å²) in [4.78, 5) is 28.4. The minimum atomic E-state index is -0.398. The Kier molecular flexibility index (Phi) is 4.75. The highest BCUT2D eigenvalue weighted by Crippen LogP contribution is 2.31. The molecule has 0 aliphatic heterocycles. The van der Waals surface area contributed by atoms with Crippen LogP contribution < -0.4 is 15.4 Å². The molecule has 0 spiro atoms. The predicted molar refractivity (Wildman–Crippen MR) is 88.3 cm³/mol. The number of carbonyl (C=O) groups excluding carboxylic acids is 2. The van der Waals surface area contributed by atoms with Crippen LogP contribution >= 0.6 is 11.3 Å². The van der Waals surface area contributed by atoms with Gasteiger partial charge >= 0.3 is 0 Å². The zero-order chi connectivity index (χ0) is 17.0. The number of amides is 2. The van der Waals surface area contributed by atoms with Crippen molar-refractivity contribution in [1.29, 1.82) is 0 Å². The van der Waals surface area contributed by atoms with E-state index in [4.69, 9.17) is 0 Å². The highest BCUT2D eigenvalue weighted by Gasteiger charge is 2.38. The van der Waals surface area contributed by atoms with Gasteiger partial charge in [0.15, 0.2) is 12.4 Å². The third-order valence-corrected chi connectivity index (χ3v) is 4.80. The maximum Gasteiger partial charge on any atom is 0.257 e. The molecule has 2 amide bonds. The first-order valence-corrected chi connectivity index (χ1v) is 8.66. The Morgan fingerprint density at radius 3 is 2.88 bits per heavy atom. The van der Waals surface area contributed by atoms with Gasteiger partial charge in [0.1, 0.15) is 5.56 Å². The molecule has 0 atom stereocenters. The molecule has 126 valence electrons. The first kappa shape index (κ1) is 16.4. The minimum Gasteiger partial charge on any atom is -0.619 e. The molecular formula is C16H18N4O3S. The molecule has 2 aromatic rings. The van der Waals surface area contributed by atoms with Crippen molar-refractivity contribution in [3.05, 3.63) is 51.9 Å². The van der Waals surface area contributed by atoms with E-state index in [1.54, 1.807) is 11.6 Å². The number of pyridine rings is 1. The summed E-state index contributed by atoms with van der Waals surface area (Å²) in [5.74, 6) is -0.410. The molecule has 2 N–H and O–H groups in total. The lowest BCUT2D eigenvalue weighted by atomic mass is 9.76. The largest absolute Gasteiger partial charge is 0.619 e. The molecule has 1 saturated carbocycles. The minimum absolute atomic E-state index is 0.0908. The topological polar surface area (TPSA) is 98.0 Å². The fourth-order valence-corrected chi connectivity index (χ4v) is 3.28. The molecule has 0 bridgehead atoms. The van der Waals surface area contributed by atoms with Crippen molar-refractivity contribution in [2.75, 3.05) is 6.54 Å². The summed E-state index contributed by atoms with van der Waals surface area (Å²) in [6, 6.07) is 3.11. The van der Waals surface area contributed by atoms with Crippen LogP contribution in [0.3, 0.4) is 0 Å². The van der Waals surface area contributed by atoms with Crippen molar-refractivity contribution in [3.8, 4) is 0 Å². The molecule has 0 radical (unpaired) electrons. The number of nitrogens with zero attached hydrogens (tertiary/aromatic N) is 2. The SMILES string of the molecule is O=C(Cc1cscn1)NC1(CNC(=O)c2ccc[n+]([O-])c2)CCC1. The lowest BCUT2D eigenvalue weighted by Crippen LogP contribution is -2.60. The average Bonchev–Trinajstić information content (AvgIpc) is 3.02. The second-order valence-corrected chi connectivity index (χ2v) is 6.69. The van der Waals surface area contributed by atoms with Crippen LogP contribution in [-0.4, -0.2) is 28.9 Å². The van der Waals surface area contributed by atoms with Gasteiger partial charge in [-0.2, -0.15) is 4.73 Å². The number of hydrogen-bond donors (Lipinski definition) is 2. The molecule has 7 nitrogen and oxygen atoms in total. The molecule has 1 aliphatic carbocycles. The molecule has 2 heterocycles. The van der Waals surface area contributed by atoms with Crippen LogP contribution in [0.5, 0.6) is 0 Å². The highest BCUT2D eigenvalue weighted by molar-refractivity contribution is 7.07. The number of thiazole rings is 1. The number of rotatable bonds is 6. The zero-order valence-electron chi connectivity index (χ0n) is 13.0. The molecule has 3 rings (SSSR count). The second-order valence-electron chi connectivity index (χ2n) is 5.97. The lowest BCUT2D eigenvalue weighted by Gasteiger charge is -2.42. The number of nitrogens with one attached hydrogen (secondary N) is 2. The van der Waals surface area contributed by atoms with Gasteiger partial charge in [0.05, 0.1) is 23.2 Å². The Morgan fingerprint density at radius 2 is 2.25 bits per heavy atom. The van der Waals surface area contributed by atoms with Crippen LogP contribution in [0, 0.1) is 5.21 Å². The van der Waals surface area contributed by atoms with Crippen molar-refractivity contribution >= 4 is 23.2 Å². The van der Waals surface area contributed by atoms with Gasteiger partial charge in [0.25, 0.3) is 5.91 Å². The predicted octanol–water partition coefficient (Wildman–Crippen LogP) is 0.788. The van der Waals surface area contributed by atoms with E-state index in [0.717, 1.165) is 25.0 Å². The van der Waals surface area contributed by atoms with E-state index in [9.17, 15) is 14.8 Å². The third-order valence-electron chi connectivity index (χ3n) is 4.17. The maximum atomic E-state index is 12.2. The summed E-state index contributed by atoms with van der Waals surface area (Å²) in [5, 5.41) is 18.9. The Hall–Kier alpha value is -2.48. The molecule has 1 fully saturated rings. The monoisotopic (exact) mass is 346 g/mol. The molecule has 24 heavy (non-hydrogen) atoms. The Bertz CT molecular complexity index is 729. The third kappa shape index (κ3) is 3.88. The molecule has 0 aromatic carbocycles. The van der Waals surface area contributed by atoms with Crippen molar-refractivity contribution in [2.24, 2.45) is 0 Å². The lowest BCUT2D eigenvalue weighted by molar-refractivity contribution is -0.605.